The van der Waals surface area contributed by atoms with Crippen LogP contribution in [0.5, 0.6) is 0 Å². The molecule has 0 saturated carbocycles. The van der Waals surface area contributed by atoms with E-state index >= 15 is 0 Å². The summed E-state index contributed by atoms with van der Waals surface area (Å²) in [6.07, 6.45) is 3.68. The van der Waals surface area contributed by atoms with Crippen molar-refractivity contribution in [1.82, 2.24) is 30.2 Å². The van der Waals surface area contributed by atoms with Gasteiger partial charge in [0.05, 0.1) is 12.1 Å². The summed E-state index contributed by atoms with van der Waals surface area (Å²) in [6.45, 7) is 0. The summed E-state index contributed by atoms with van der Waals surface area (Å²) in [7, 11) is 1.77. The molecule has 0 radical (unpaired) electrons. The number of nitrogens with zero attached hydrogens (tertiary/aromatic N) is 6. The molecule has 0 atom stereocenters. The van der Waals surface area contributed by atoms with Crippen molar-refractivity contribution in [1.29, 1.82) is 0 Å². The standard InChI is InChI=1S/C18H15N7OS/c1-25-17(22-23-24-25)12-4-2-6-14(8-12)20-16(26)9-15-11-27-18(21-15)13-5-3-7-19-10-13/h2-8,10-11H,9H2,1H3,(H,20,26). The van der Waals surface area contributed by atoms with Crippen LogP contribution < -0.4 is 5.32 Å². The van der Waals surface area contributed by atoms with Crippen molar-refractivity contribution in [3.63, 3.8) is 0 Å². The number of benzene rings is 1. The van der Waals surface area contributed by atoms with Crippen molar-refractivity contribution < 1.29 is 4.79 Å². The number of tetrazole rings is 1. The monoisotopic (exact) mass is 377 g/mol. The van der Waals surface area contributed by atoms with Crippen LogP contribution in [-0.2, 0) is 18.3 Å². The predicted molar refractivity (Wildman–Crippen MR) is 102 cm³/mol. The van der Waals surface area contributed by atoms with Gasteiger partial charge in [0.2, 0.25) is 5.91 Å². The summed E-state index contributed by atoms with van der Waals surface area (Å²) in [5.41, 5.74) is 3.18. The third-order valence-electron chi connectivity index (χ3n) is 3.83. The van der Waals surface area contributed by atoms with E-state index in [1.165, 1.54) is 11.3 Å². The zero-order valence-electron chi connectivity index (χ0n) is 14.4. The van der Waals surface area contributed by atoms with Gasteiger partial charge < -0.3 is 5.32 Å². The zero-order chi connectivity index (χ0) is 18.6. The molecule has 0 fully saturated rings. The van der Waals surface area contributed by atoms with Gasteiger partial charge in [-0.2, -0.15) is 0 Å². The molecule has 1 N–H and O–H groups in total. The largest absolute Gasteiger partial charge is 0.326 e. The van der Waals surface area contributed by atoms with Crippen molar-refractivity contribution in [2.45, 2.75) is 6.42 Å². The second kappa shape index (κ2) is 7.42. The average molecular weight is 377 g/mol. The smallest absolute Gasteiger partial charge is 0.230 e. The van der Waals surface area contributed by atoms with Gasteiger partial charge >= 0.3 is 0 Å². The number of carbonyl (C=O) groups excluding carboxylic acids is 1. The number of nitrogens with one attached hydrogen (secondary N) is 1. The molecule has 0 unspecified atom stereocenters. The molecule has 1 amide bonds. The van der Waals surface area contributed by atoms with E-state index < -0.39 is 0 Å². The number of hydrogen-bond donors (Lipinski definition) is 1. The van der Waals surface area contributed by atoms with Gasteiger partial charge in [-0.25, -0.2) is 9.67 Å². The molecule has 134 valence electrons. The summed E-state index contributed by atoms with van der Waals surface area (Å²) in [4.78, 5) is 21.0. The van der Waals surface area contributed by atoms with Crippen LogP contribution in [0.1, 0.15) is 5.69 Å². The highest BCUT2D eigenvalue weighted by molar-refractivity contribution is 7.13. The molecule has 4 aromatic rings. The predicted octanol–water partition coefficient (Wildman–Crippen LogP) is 2.58. The maximum absolute atomic E-state index is 12.4. The number of hydrogen-bond acceptors (Lipinski definition) is 7. The molecule has 8 nitrogen and oxygen atoms in total. The topological polar surface area (TPSA) is 98.5 Å². The molecule has 27 heavy (non-hydrogen) atoms. The Hall–Kier alpha value is -3.46. The molecule has 0 aliphatic rings. The Morgan fingerprint density at radius 3 is 2.89 bits per heavy atom. The van der Waals surface area contributed by atoms with Gasteiger partial charge in [0.25, 0.3) is 0 Å². The molecule has 4 rings (SSSR count). The van der Waals surface area contributed by atoms with Gasteiger partial charge in [0.1, 0.15) is 5.01 Å². The number of anilines is 1. The molecule has 9 heteroatoms. The lowest BCUT2D eigenvalue weighted by Gasteiger charge is -2.06. The van der Waals surface area contributed by atoms with E-state index in [0.29, 0.717) is 11.5 Å². The van der Waals surface area contributed by atoms with E-state index in [-0.39, 0.29) is 12.3 Å². The fourth-order valence-corrected chi connectivity index (χ4v) is 3.40. The second-order valence-corrected chi connectivity index (χ2v) is 6.68. The van der Waals surface area contributed by atoms with Gasteiger partial charge in [0.15, 0.2) is 5.82 Å². The van der Waals surface area contributed by atoms with Crippen LogP contribution in [0.25, 0.3) is 22.0 Å². The highest BCUT2D eigenvalue weighted by Crippen LogP contribution is 2.23. The summed E-state index contributed by atoms with van der Waals surface area (Å²) < 4.78 is 1.58. The van der Waals surface area contributed by atoms with E-state index in [2.05, 4.69) is 30.8 Å². The molecule has 3 aromatic heterocycles. The van der Waals surface area contributed by atoms with Crippen LogP contribution in [0, 0.1) is 0 Å². The number of rotatable bonds is 5. The fourth-order valence-electron chi connectivity index (χ4n) is 2.59. The first-order valence-electron chi connectivity index (χ1n) is 8.16. The minimum absolute atomic E-state index is 0.133. The van der Waals surface area contributed by atoms with E-state index in [9.17, 15) is 4.79 Å². The molecule has 1 aromatic carbocycles. The SMILES string of the molecule is Cn1nnnc1-c1cccc(NC(=O)Cc2csc(-c3cccnc3)n2)c1. The zero-order valence-corrected chi connectivity index (χ0v) is 15.2. The van der Waals surface area contributed by atoms with Gasteiger partial charge in [-0.3, -0.25) is 9.78 Å². The molecule has 0 saturated heterocycles. The minimum atomic E-state index is -0.133. The third kappa shape index (κ3) is 3.87. The van der Waals surface area contributed by atoms with E-state index in [4.69, 9.17) is 0 Å². The average Bonchev–Trinajstić information content (AvgIpc) is 3.31. The van der Waals surface area contributed by atoms with Crippen LogP contribution in [0.3, 0.4) is 0 Å². The highest BCUT2D eigenvalue weighted by Gasteiger charge is 2.11. The van der Waals surface area contributed by atoms with Gasteiger partial charge in [-0.15, -0.1) is 16.4 Å². The summed E-state index contributed by atoms with van der Waals surface area (Å²) in [5, 5.41) is 17.1. The van der Waals surface area contributed by atoms with Crippen molar-refractivity contribution >= 4 is 22.9 Å². The molecule has 0 spiro atoms. The van der Waals surface area contributed by atoms with Gasteiger partial charge in [-0.05, 0) is 34.7 Å². The lowest BCUT2D eigenvalue weighted by molar-refractivity contribution is -0.115. The molecule has 0 bridgehead atoms. The maximum atomic E-state index is 12.4. The van der Waals surface area contributed by atoms with Gasteiger partial charge in [-0.1, -0.05) is 12.1 Å². The summed E-state index contributed by atoms with van der Waals surface area (Å²) in [6, 6.07) is 11.2. The number of pyridine rings is 1. The van der Waals surface area contributed by atoms with Crippen molar-refractivity contribution in [2.24, 2.45) is 7.05 Å². The fraction of sp³-hybridized carbons (Fsp3) is 0.111. The Kier molecular flexibility index (Phi) is 4.67. The van der Waals surface area contributed by atoms with Crippen molar-refractivity contribution in [3.8, 4) is 22.0 Å². The molecular weight excluding hydrogens is 362 g/mol. The van der Waals surface area contributed by atoms with Crippen LogP contribution >= 0.6 is 11.3 Å². The van der Waals surface area contributed by atoms with Gasteiger partial charge in [0, 0.05) is 41.6 Å². The molecular formula is C18H15N7OS. The third-order valence-corrected chi connectivity index (χ3v) is 4.77. The van der Waals surface area contributed by atoms with Crippen molar-refractivity contribution in [3.05, 3.63) is 59.9 Å². The maximum Gasteiger partial charge on any atom is 0.230 e. The van der Waals surface area contributed by atoms with Crippen LogP contribution in [0.4, 0.5) is 5.69 Å². The van der Waals surface area contributed by atoms with Crippen LogP contribution in [0.15, 0.2) is 54.2 Å². The Labute approximate surface area is 158 Å². The number of carbonyl (C=O) groups is 1. The first kappa shape index (κ1) is 17.0. The Bertz CT molecular complexity index is 1070. The Balaban J connectivity index is 1.44. The quantitative estimate of drug-likeness (QED) is 0.574. The van der Waals surface area contributed by atoms with E-state index in [1.807, 2.05) is 41.8 Å². The van der Waals surface area contributed by atoms with E-state index in [1.54, 1.807) is 24.1 Å². The number of aromatic nitrogens is 6. The number of thiazole rings is 1. The summed E-state index contributed by atoms with van der Waals surface area (Å²) in [5.74, 6) is 0.498. The lowest BCUT2D eigenvalue weighted by atomic mass is 10.2. The number of aryl methyl sites for hydroxylation is 1. The van der Waals surface area contributed by atoms with E-state index in [0.717, 1.165) is 21.8 Å². The first-order chi connectivity index (χ1) is 13.2. The van der Waals surface area contributed by atoms with Crippen LogP contribution in [-0.4, -0.2) is 36.1 Å². The highest BCUT2D eigenvalue weighted by atomic mass is 32.1. The van der Waals surface area contributed by atoms with Crippen molar-refractivity contribution in [2.75, 3.05) is 5.32 Å². The molecule has 3 heterocycles. The molecule has 0 aliphatic carbocycles. The second-order valence-electron chi connectivity index (χ2n) is 5.82. The normalized spacial score (nSPS) is 10.7. The minimum Gasteiger partial charge on any atom is -0.326 e. The Morgan fingerprint density at radius 1 is 1.22 bits per heavy atom. The lowest BCUT2D eigenvalue weighted by Crippen LogP contribution is -2.14. The van der Waals surface area contributed by atoms with Crippen LogP contribution in [0.2, 0.25) is 0 Å². The first-order valence-corrected chi connectivity index (χ1v) is 9.04. The Morgan fingerprint density at radius 2 is 2.11 bits per heavy atom. The number of amides is 1. The molecule has 0 aliphatic heterocycles. The summed E-state index contributed by atoms with van der Waals surface area (Å²) >= 11 is 1.50.